The topological polar surface area (TPSA) is 23.1 Å². The molecule has 0 atom stereocenters. The highest BCUT2D eigenvalue weighted by Crippen LogP contribution is 2.15. The maximum Gasteiger partial charge on any atom is 0.0781 e. The van der Waals surface area contributed by atoms with Crippen molar-refractivity contribution < 1.29 is 4.65 Å². The van der Waals surface area contributed by atoms with Gasteiger partial charge >= 0.3 is 0 Å². The van der Waals surface area contributed by atoms with Crippen LogP contribution >= 0.6 is 0 Å². The molecule has 0 aromatic heterocycles. The molecule has 1 aliphatic carbocycles. The van der Waals surface area contributed by atoms with Gasteiger partial charge in [0.1, 0.15) is 0 Å². The average Bonchev–Trinajstić information content (AvgIpc) is 2.33. The highest BCUT2D eigenvalue weighted by Gasteiger charge is 2.11. The molecule has 0 spiro atoms. The minimum Gasteiger partial charge on any atom is -0.633 e. The van der Waals surface area contributed by atoms with Gasteiger partial charge in [-0.15, -0.1) is 0 Å². The highest BCUT2D eigenvalue weighted by atomic mass is 16.5. The Morgan fingerprint density at radius 2 is 0.882 bits per heavy atom. The molecule has 104 valence electrons. The van der Waals surface area contributed by atoms with Crippen LogP contribution in [0.5, 0.6) is 0 Å². The number of hydroxylamine groups is 3. The zero-order valence-electron chi connectivity index (χ0n) is 12.3. The Balaban J connectivity index is 0.000000354. The molecule has 0 N–H and O–H groups in total. The summed E-state index contributed by atoms with van der Waals surface area (Å²) in [5.41, 5.74) is 0. The molecule has 0 aromatic rings. The molecule has 2 nitrogen and oxygen atoms in total. The van der Waals surface area contributed by atoms with E-state index in [2.05, 4.69) is 20.8 Å². The second kappa shape index (κ2) is 11.0. The maximum absolute atomic E-state index is 11.8. The molecule has 17 heavy (non-hydrogen) atoms. The van der Waals surface area contributed by atoms with Crippen LogP contribution in [-0.4, -0.2) is 24.3 Å². The van der Waals surface area contributed by atoms with Crippen molar-refractivity contribution in [2.24, 2.45) is 0 Å². The second-order valence-corrected chi connectivity index (χ2v) is 5.35. The lowest BCUT2D eigenvalue weighted by molar-refractivity contribution is -0.880. The molecule has 0 aliphatic heterocycles. The fourth-order valence-corrected chi connectivity index (χ4v) is 2.62. The lowest BCUT2D eigenvalue weighted by Gasteiger charge is -2.42. The van der Waals surface area contributed by atoms with E-state index in [-0.39, 0.29) is 4.65 Å². The third-order valence-corrected chi connectivity index (χ3v) is 3.39. The van der Waals surface area contributed by atoms with Crippen LogP contribution in [0.2, 0.25) is 0 Å². The number of nitrogens with zero attached hydrogens (tertiary/aromatic N) is 1. The molecule has 2 heteroatoms. The van der Waals surface area contributed by atoms with Gasteiger partial charge in [-0.2, -0.15) is 0 Å². The highest BCUT2D eigenvalue weighted by molar-refractivity contribution is 4.51. The van der Waals surface area contributed by atoms with Crippen molar-refractivity contribution >= 4 is 0 Å². The van der Waals surface area contributed by atoms with Gasteiger partial charge in [-0.1, -0.05) is 59.3 Å². The van der Waals surface area contributed by atoms with Gasteiger partial charge in [0.2, 0.25) is 0 Å². The lowest BCUT2D eigenvalue weighted by atomic mass is 10.0. The summed E-state index contributed by atoms with van der Waals surface area (Å²) in [7, 11) is 0. The van der Waals surface area contributed by atoms with Gasteiger partial charge in [0.05, 0.1) is 19.6 Å². The summed E-state index contributed by atoms with van der Waals surface area (Å²) in [6.07, 6.45) is 12.0. The second-order valence-electron chi connectivity index (χ2n) is 5.35. The van der Waals surface area contributed by atoms with E-state index in [9.17, 15) is 5.21 Å². The van der Waals surface area contributed by atoms with Crippen molar-refractivity contribution in [2.45, 2.75) is 78.6 Å². The Kier molecular flexibility index (Phi) is 11.0. The minimum absolute atomic E-state index is 0.0312. The van der Waals surface area contributed by atoms with Crippen LogP contribution in [-0.2, 0) is 0 Å². The van der Waals surface area contributed by atoms with E-state index in [1.807, 2.05) is 0 Å². The van der Waals surface area contributed by atoms with Gasteiger partial charge in [0, 0.05) is 0 Å². The first-order valence-corrected chi connectivity index (χ1v) is 7.75. The van der Waals surface area contributed by atoms with Crippen molar-refractivity contribution in [3.63, 3.8) is 0 Å². The predicted octanol–water partition coefficient (Wildman–Crippen LogP) is 4.87. The fraction of sp³-hybridized carbons (Fsp3) is 1.00. The van der Waals surface area contributed by atoms with E-state index in [4.69, 9.17) is 0 Å². The fourth-order valence-electron chi connectivity index (χ4n) is 2.62. The van der Waals surface area contributed by atoms with Gasteiger partial charge in [-0.05, 0) is 19.3 Å². The Labute approximate surface area is 109 Å². The van der Waals surface area contributed by atoms with E-state index < -0.39 is 0 Å². The SMILES string of the molecule is C1CCCCC1.CCC[N+]([O-])(CCC)CCC. The summed E-state index contributed by atoms with van der Waals surface area (Å²) in [4.78, 5) is 0. The van der Waals surface area contributed by atoms with E-state index in [0.29, 0.717) is 0 Å². The van der Waals surface area contributed by atoms with Crippen molar-refractivity contribution in [1.82, 2.24) is 0 Å². The maximum atomic E-state index is 11.8. The normalized spacial score (nSPS) is 16.2. The smallest absolute Gasteiger partial charge is 0.0781 e. The van der Waals surface area contributed by atoms with Crippen LogP contribution < -0.4 is 0 Å². The van der Waals surface area contributed by atoms with Gasteiger partial charge in [-0.3, -0.25) is 0 Å². The molecule has 0 aromatic carbocycles. The van der Waals surface area contributed by atoms with Crippen molar-refractivity contribution in [2.75, 3.05) is 19.6 Å². The summed E-state index contributed by atoms with van der Waals surface area (Å²) in [5, 5.41) is 11.8. The molecule has 1 fully saturated rings. The minimum atomic E-state index is 0.0312. The molecule has 0 radical (unpaired) electrons. The zero-order valence-corrected chi connectivity index (χ0v) is 12.3. The monoisotopic (exact) mass is 243 g/mol. The largest absolute Gasteiger partial charge is 0.633 e. The van der Waals surface area contributed by atoms with E-state index in [1.54, 1.807) is 0 Å². The number of rotatable bonds is 6. The first-order valence-electron chi connectivity index (χ1n) is 7.75. The van der Waals surface area contributed by atoms with Gasteiger partial charge in [-0.25, -0.2) is 0 Å². The zero-order chi connectivity index (χ0) is 13.0. The summed E-state index contributed by atoms with van der Waals surface area (Å²) in [5.74, 6) is 0. The molecule has 0 saturated heterocycles. The average molecular weight is 243 g/mol. The summed E-state index contributed by atoms with van der Waals surface area (Å²) in [6, 6.07) is 0. The number of hydrogen-bond acceptors (Lipinski definition) is 1. The first-order chi connectivity index (χ1) is 8.18. The van der Waals surface area contributed by atoms with Crippen LogP contribution in [0.3, 0.4) is 0 Å². The summed E-state index contributed by atoms with van der Waals surface area (Å²) in [6.45, 7) is 8.62. The van der Waals surface area contributed by atoms with Crippen LogP contribution in [0.1, 0.15) is 78.6 Å². The molecule has 0 heterocycles. The Morgan fingerprint density at radius 1 is 0.647 bits per heavy atom. The third-order valence-electron chi connectivity index (χ3n) is 3.39. The Bertz CT molecular complexity index is 126. The van der Waals surface area contributed by atoms with E-state index in [1.165, 1.54) is 38.5 Å². The molecule has 1 aliphatic rings. The van der Waals surface area contributed by atoms with Crippen LogP contribution in [0.15, 0.2) is 0 Å². The molecule has 0 unspecified atom stereocenters. The molecular weight excluding hydrogens is 210 g/mol. The summed E-state index contributed by atoms with van der Waals surface area (Å²) >= 11 is 0. The van der Waals surface area contributed by atoms with Crippen molar-refractivity contribution in [3.8, 4) is 0 Å². The molecule has 0 bridgehead atoms. The van der Waals surface area contributed by atoms with Crippen molar-refractivity contribution in [1.29, 1.82) is 0 Å². The quantitative estimate of drug-likeness (QED) is 0.482. The van der Waals surface area contributed by atoms with E-state index in [0.717, 1.165) is 38.9 Å². The summed E-state index contributed by atoms with van der Waals surface area (Å²) < 4.78 is 0.0312. The first kappa shape index (κ1) is 16.9. The number of quaternary nitrogens is 1. The van der Waals surface area contributed by atoms with Gasteiger partial charge in [0.15, 0.2) is 0 Å². The van der Waals surface area contributed by atoms with Gasteiger partial charge < -0.3 is 9.85 Å². The van der Waals surface area contributed by atoms with E-state index >= 15 is 0 Å². The van der Waals surface area contributed by atoms with Gasteiger partial charge in [0.25, 0.3) is 0 Å². The predicted molar refractivity (Wildman–Crippen MR) is 76.8 cm³/mol. The molecule has 0 amide bonds. The van der Waals surface area contributed by atoms with Crippen LogP contribution in [0.25, 0.3) is 0 Å². The van der Waals surface area contributed by atoms with Crippen LogP contribution in [0, 0.1) is 5.21 Å². The van der Waals surface area contributed by atoms with Crippen molar-refractivity contribution in [3.05, 3.63) is 5.21 Å². The lowest BCUT2D eigenvalue weighted by Crippen LogP contribution is -2.43. The molecule has 1 saturated carbocycles. The number of hydrogen-bond donors (Lipinski definition) is 0. The standard InChI is InChI=1S/C9H21NO.C6H12/c1-4-7-10(11,8-5-2)9-6-3;1-2-4-6-5-3-1/h4-9H2,1-3H3;1-6H2. The third kappa shape index (κ3) is 9.61. The Hall–Kier alpha value is -0.0800. The Morgan fingerprint density at radius 3 is 1.06 bits per heavy atom. The van der Waals surface area contributed by atoms with Crippen LogP contribution in [0.4, 0.5) is 0 Å². The molecular formula is C15H33NO. The molecule has 1 rings (SSSR count).